The SMILES string of the molecule is Cc1cc(Cl)cnc1NC(=O)N1CC(C)CC(C(=O)O)C1. The molecule has 0 bridgehead atoms. The van der Waals surface area contributed by atoms with Crippen LogP contribution in [-0.4, -0.2) is 40.1 Å². The summed E-state index contributed by atoms with van der Waals surface area (Å²) < 4.78 is 0. The van der Waals surface area contributed by atoms with E-state index in [1.54, 1.807) is 13.0 Å². The van der Waals surface area contributed by atoms with Gasteiger partial charge in [0.1, 0.15) is 5.82 Å². The second-order valence-corrected chi connectivity index (χ2v) is 5.97. The summed E-state index contributed by atoms with van der Waals surface area (Å²) >= 11 is 5.82. The molecule has 0 radical (unpaired) electrons. The summed E-state index contributed by atoms with van der Waals surface area (Å²) in [5.74, 6) is -0.779. The number of aryl methyl sites for hydroxylation is 1. The zero-order chi connectivity index (χ0) is 15.6. The lowest BCUT2D eigenvalue weighted by molar-refractivity contribution is -0.143. The van der Waals surface area contributed by atoms with Gasteiger partial charge in [-0.1, -0.05) is 18.5 Å². The number of rotatable bonds is 2. The number of amides is 2. The number of hydrogen-bond donors (Lipinski definition) is 2. The van der Waals surface area contributed by atoms with Crippen LogP contribution in [0.15, 0.2) is 12.3 Å². The van der Waals surface area contributed by atoms with Crippen LogP contribution in [0.3, 0.4) is 0 Å². The number of urea groups is 1. The van der Waals surface area contributed by atoms with Crippen molar-refractivity contribution < 1.29 is 14.7 Å². The van der Waals surface area contributed by atoms with E-state index in [0.29, 0.717) is 23.8 Å². The second-order valence-electron chi connectivity index (χ2n) is 5.53. The number of nitrogens with one attached hydrogen (secondary N) is 1. The van der Waals surface area contributed by atoms with Crippen LogP contribution < -0.4 is 5.32 Å². The zero-order valence-corrected chi connectivity index (χ0v) is 12.7. The van der Waals surface area contributed by atoms with Crippen molar-refractivity contribution in [3.05, 3.63) is 22.8 Å². The maximum Gasteiger partial charge on any atom is 0.323 e. The Labute approximate surface area is 128 Å². The van der Waals surface area contributed by atoms with Crippen molar-refractivity contribution in [1.29, 1.82) is 0 Å². The molecule has 6 nitrogen and oxygen atoms in total. The quantitative estimate of drug-likeness (QED) is 0.879. The van der Waals surface area contributed by atoms with Crippen molar-refractivity contribution in [2.45, 2.75) is 20.3 Å². The summed E-state index contributed by atoms with van der Waals surface area (Å²) in [4.78, 5) is 29.0. The zero-order valence-electron chi connectivity index (χ0n) is 12.0. The minimum absolute atomic E-state index is 0.157. The van der Waals surface area contributed by atoms with E-state index in [4.69, 9.17) is 16.7 Å². The molecule has 114 valence electrons. The number of likely N-dealkylation sites (tertiary alicyclic amines) is 1. The van der Waals surface area contributed by atoms with Gasteiger partial charge in [-0.15, -0.1) is 0 Å². The number of aliphatic carboxylic acids is 1. The average Bonchev–Trinajstić information content (AvgIpc) is 2.41. The standard InChI is InChI=1S/C14H18ClN3O3/c1-8-3-10(13(19)20)7-18(6-8)14(21)17-12-9(2)4-11(15)5-16-12/h4-5,8,10H,3,6-7H2,1-2H3,(H,19,20)(H,16,17,21). The van der Waals surface area contributed by atoms with Crippen molar-refractivity contribution >= 4 is 29.4 Å². The lowest BCUT2D eigenvalue weighted by Crippen LogP contribution is -2.47. The van der Waals surface area contributed by atoms with Gasteiger partial charge in [0.05, 0.1) is 10.9 Å². The Bertz CT molecular complexity index is 564. The minimum atomic E-state index is -0.861. The molecule has 2 N–H and O–H groups in total. The minimum Gasteiger partial charge on any atom is -0.481 e. The third-order valence-corrected chi connectivity index (χ3v) is 3.77. The van der Waals surface area contributed by atoms with Gasteiger partial charge >= 0.3 is 12.0 Å². The largest absolute Gasteiger partial charge is 0.481 e. The number of carboxylic acid groups (broad SMARTS) is 1. The Hall–Kier alpha value is -1.82. The molecule has 2 heterocycles. The molecule has 1 aliphatic heterocycles. The molecule has 0 aromatic carbocycles. The first-order chi connectivity index (χ1) is 9.86. The van der Waals surface area contributed by atoms with Crippen LogP contribution in [0.25, 0.3) is 0 Å². The van der Waals surface area contributed by atoms with Crippen molar-refractivity contribution in [1.82, 2.24) is 9.88 Å². The first kappa shape index (κ1) is 15.6. The van der Waals surface area contributed by atoms with Crippen molar-refractivity contribution in [2.24, 2.45) is 11.8 Å². The molecule has 2 rings (SSSR count). The molecular weight excluding hydrogens is 294 g/mol. The lowest BCUT2D eigenvalue weighted by atomic mass is 9.91. The Morgan fingerprint density at radius 3 is 2.81 bits per heavy atom. The van der Waals surface area contributed by atoms with E-state index in [-0.39, 0.29) is 18.5 Å². The number of aromatic nitrogens is 1. The van der Waals surface area contributed by atoms with E-state index < -0.39 is 11.9 Å². The predicted molar refractivity (Wildman–Crippen MR) is 79.5 cm³/mol. The molecule has 1 saturated heterocycles. The highest BCUT2D eigenvalue weighted by atomic mass is 35.5. The van der Waals surface area contributed by atoms with E-state index in [1.807, 2.05) is 6.92 Å². The van der Waals surface area contributed by atoms with E-state index in [0.717, 1.165) is 5.56 Å². The molecule has 1 aliphatic rings. The van der Waals surface area contributed by atoms with Crippen LogP contribution in [0.5, 0.6) is 0 Å². The van der Waals surface area contributed by atoms with Crippen LogP contribution >= 0.6 is 11.6 Å². The lowest BCUT2D eigenvalue weighted by Gasteiger charge is -2.34. The summed E-state index contributed by atoms with van der Waals surface area (Å²) in [6.07, 6.45) is 2.06. The van der Waals surface area contributed by atoms with Crippen molar-refractivity contribution in [3.8, 4) is 0 Å². The normalized spacial score (nSPS) is 22.0. The average molecular weight is 312 g/mol. The highest BCUT2D eigenvalue weighted by molar-refractivity contribution is 6.30. The smallest absolute Gasteiger partial charge is 0.323 e. The highest BCUT2D eigenvalue weighted by Crippen LogP contribution is 2.23. The number of pyridine rings is 1. The fourth-order valence-corrected chi connectivity index (χ4v) is 2.76. The number of carbonyl (C=O) groups is 2. The molecule has 1 fully saturated rings. The van der Waals surface area contributed by atoms with Gasteiger partial charge in [-0.25, -0.2) is 9.78 Å². The highest BCUT2D eigenvalue weighted by Gasteiger charge is 2.32. The Kier molecular flexibility index (Phi) is 4.67. The molecule has 21 heavy (non-hydrogen) atoms. The monoisotopic (exact) mass is 311 g/mol. The van der Waals surface area contributed by atoms with Crippen molar-refractivity contribution in [3.63, 3.8) is 0 Å². The van der Waals surface area contributed by atoms with Gasteiger partial charge in [-0.05, 0) is 30.9 Å². The topological polar surface area (TPSA) is 82.5 Å². The molecule has 2 atom stereocenters. The Balaban J connectivity index is 2.07. The first-order valence-electron chi connectivity index (χ1n) is 6.77. The summed E-state index contributed by atoms with van der Waals surface area (Å²) in [6.45, 7) is 4.51. The van der Waals surface area contributed by atoms with Gasteiger partial charge in [-0.2, -0.15) is 0 Å². The Morgan fingerprint density at radius 2 is 2.19 bits per heavy atom. The van der Waals surface area contributed by atoms with Crippen LogP contribution in [-0.2, 0) is 4.79 Å². The van der Waals surface area contributed by atoms with Gasteiger partial charge in [0.25, 0.3) is 0 Å². The van der Waals surface area contributed by atoms with Crippen LogP contribution in [0.1, 0.15) is 18.9 Å². The number of piperidine rings is 1. The predicted octanol–water partition coefficient (Wildman–Crippen LogP) is 2.62. The molecule has 7 heteroatoms. The van der Waals surface area contributed by atoms with Crippen LogP contribution in [0.2, 0.25) is 5.02 Å². The molecular formula is C14H18ClN3O3. The summed E-state index contributed by atoms with van der Waals surface area (Å²) in [5, 5.41) is 12.3. The first-order valence-corrected chi connectivity index (χ1v) is 7.15. The number of hydrogen-bond acceptors (Lipinski definition) is 3. The molecule has 1 aromatic heterocycles. The van der Waals surface area contributed by atoms with Gasteiger partial charge in [0.15, 0.2) is 0 Å². The van der Waals surface area contributed by atoms with Crippen LogP contribution in [0, 0.1) is 18.8 Å². The molecule has 2 unspecified atom stereocenters. The molecule has 1 aromatic rings. The second kappa shape index (κ2) is 6.30. The molecule has 0 aliphatic carbocycles. The van der Waals surface area contributed by atoms with E-state index in [9.17, 15) is 9.59 Å². The summed E-state index contributed by atoms with van der Waals surface area (Å²) in [7, 11) is 0. The number of anilines is 1. The summed E-state index contributed by atoms with van der Waals surface area (Å²) in [5.41, 5.74) is 0.760. The van der Waals surface area contributed by atoms with E-state index in [2.05, 4.69) is 10.3 Å². The maximum atomic E-state index is 12.3. The number of nitrogens with zero attached hydrogens (tertiary/aromatic N) is 2. The van der Waals surface area contributed by atoms with E-state index in [1.165, 1.54) is 11.1 Å². The fourth-order valence-electron chi connectivity index (χ4n) is 2.55. The van der Waals surface area contributed by atoms with Crippen LogP contribution in [0.4, 0.5) is 10.6 Å². The van der Waals surface area contributed by atoms with Gasteiger partial charge in [0, 0.05) is 19.3 Å². The number of carboxylic acids is 1. The fraction of sp³-hybridized carbons (Fsp3) is 0.500. The van der Waals surface area contributed by atoms with Gasteiger partial charge < -0.3 is 10.0 Å². The Morgan fingerprint density at radius 1 is 1.48 bits per heavy atom. The number of carbonyl (C=O) groups excluding carboxylic acids is 1. The van der Waals surface area contributed by atoms with E-state index >= 15 is 0 Å². The van der Waals surface area contributed by atoms with Gasteiger partial charge in [-0.3, -0.25) is 10.1 Å². The molecule has 0 saturated carbocycles. The summed E-state index contributed by atoms with van der Waals surface area (Å²) in [6, 6.07) is 1.38. The van der Waals surface area contributed by atoms with Gasteiger partial charge in [0.2, 0.25) is 0 Å². The maximum absolute atomic E-state index is 12.3. The third-order valence-electron chi connectivity index (χ3n) is 3.57. The van der Waals surface area contributed by atoms with Crippen molar-refractivity contribution in [2.75, 3.05) is 18.4 Å². The molecule has 0 spiro atoms. The number of halogens is 1. The molecule has 2 amide bonds. The third kappa shape index (κ3) is 3.85.